The molecule has 25 heavy (non-hydrogen) atoms. The van der Waals surface area contributed by atoms with E-state index in [0.717, 1.165) is 42.2 Å². The van der Waals surface area contributed by atoms with Crippen molar-refractivity contribution in [3.63, 3.8) is 0 Å². The maximum Gasteiger partial charge on any atom is 0.180 e. The van der Waals surface area contributed by atoms with E-state index in [4.69, 9.17) is 9.97 Å². The minimum absolute atomic E-state index is 0.130. The molecule has 0 saturated heterocycles. The molecule has 0 amide bonds. The van der Waals surface area contributed by atoms with Crippen molar-refractivity contribution in [3.8, 4) is 11.5 Å². The molecular formula is C19H22N6. The molecule has 0 fully saturated rings. The summed E-state index contributed by atoms with van der Waals surface area (Å²) >= 11 is 0. The minimum atomic E-state index is 0.130. The quantitative estimate of drug-likeness (QED) is 0.793. The summed E-state index contributed by atoms with van der Waals surface area (Å²) in [5.41, 5.74) is 5.43. The second-order valence-corrected chi connectivity index (χ2v) is 6.60. The first-order valence-corrected chi connectivity index (χ1v) is 8.69. The average Bonchev–Trinajstić information content (AvgIpc) is 3.21. The minimum Gasteiger partial charge on any atom is -0.363 e. The number of aromatic nitrogens is 5. The summed E-state index contributed by atoms with van der Waals surface area (Å²) in [7, 11) is 1.95. The summed E-state index contributed by atoms with van der Waals surface area (Å²) in [6.07, 6.45) is 7.00. The van der Waals surface area contributed by atoms with E-state index in [2.05, 4.69) is 28.5 Å². The number of anilines is 1. The third kappa shape index (κ3) is 2.99. The van der Waals surface area contributed by atoms with Crippen molar-refractivity contribution in [3.05, 3.63) is 53.1 Å². The normalized spacial score (nSPS) is 14.4. The molecule has 3 heterocycles. The van der Waals surface area contributed by atoms with Crippen LogP contribution in [-0.2, 0) is 19.9 Å². The van der Waals surface area contributed by atoms with E-state index in [0.29, 0.717) is 5.82 Å². The van der Waals surface area contributed by atoms with Crippen LogP contribution in [0.1, 0.15) is 41.9 Å². The highest BCUT2D eigenvalue weighted by Crippen LogP contribution is 2.31. The van der Waals surface area contributed by atoms with Gasteiger partial charge in [-0.15, -0.1) is 0 Å². The summed E-state index contributed by atoms with van der Waals surface area (Å²) in [5, 5.41) is 8.04. The molecule has 1 aliphatic rings. The summed E-state index contributed by atoms with van der Waals surface area (Å²) < 4.78 is 1.85. The van der Waals surface area contributed by atoms with Crippen LogP contribution in [0, 0.1) is 6.92 Å². The number of hydrogen-bond donors (Lipinski definition) is 1. The van der Waals surface area contributed by atoms with Crippen LogP contribution in [-0.4, -0.2) is 24.7 Å². The fourth-order valence-corrected chi connectivity index (χ4v) is 3.49. The van der Waals surface area contributed by atoms with Gasteiger partial charge in [-0.3, -0.25) is 9.67 Å². The maximum atomic E-state index is 4.80. The van der Waals surface area contributed by atoms with E-state index < -0.39 is 0 Å². The molecule has 0 unspecified atom stereocenters. The fourth-order valence-electron chi connectivity index (χ4n) is 3.49. The molecule has 1 aliphatic carbocycles. The van der Waals surface area contributed by atoms with Crippen molar-refractivity contribution in [1.29, 1.82) is 0 Å². The molecule has 6 heteroatoms. The van der Waals surface area contributed by atoms with Gasteiger partial charge in [-0.25, -0.2) is 9.97 Å². The van der Waals surface area contributed by atoms with Crippen LogP contribution < -0.4 is 5.32 Å². The number of hydrogen-bond acceptors (Lipinski definition) is 5. The average molecular weight is 334 g/mol. The van der Waals surface area contributed by atoms with E-state index in [1.807, 2.05) is 36.9 Å². The number of pyridine rings is 1. The molecule has 128 valence electrons. The Hall–Kier alpha value is -2.76. The Morgan fingerprint density at radius 3 is 2.80 bits per heavy atom. The molecule has 3 aromatic rings. The number of nitrogens with one attached hydrogen (secondary N) is 1. The van der Waals surface area contributed by atoms with Gasteiger partial charge in [-0.2, -0.15) is 5.10 Å². The number of aryl methyl sites for hydroxylation is 3. The predicted octanol–water partition coefficient (Wildman–Crippen LogP) is 3.24. The molecule has 0 radical (unpaired) electrons. The first-order valence-electron chi connectivity index (χ1n) is 8.69. The van der Waals surface area contributed by atoms with Gasteiger partial charge in [0.1, 0.15) is 11.5 Å². The van der Waals surface area contributed by atoms with Crippen LogP contribution in [0.3, 0.4) is 0 Å². The van der Waals surface area contributed by atoms with Crippen molar-refractivity contribution < 1.29 is 0 Å². The highest BCUT2D eigenvalue weighted by Gasteiger charge is 2.22. The van der Waals surface area contributed by atoms with Crippen molar-refractivity contribution in [2.45, 2.75) is 39.2 Å². The first kappa shape index (κ1) is 15.7. The smallest absolute Gasteiger partial charge is 0.180 e. The number of fused-ring (bicyclic) bond motifs is 1. The van der Waals surface area contributed by atoms with Crippen LogP contribution in [0.5, 0.6) is 0 Å². The van der Waals surface area contributed by atoms with Crippen molar-refractivity contribution >= 4 is 5.82 Å². The van der Waals surface area contributed by atoms with Crippen LogP contribution in [0.15, 0.2) is 30.6 Å². The van der Waals surface area contributed by atoms with Crippen LogP contribution in [0.4, 0.5) is 5.82 Å². The summed E-state index contributed by atoms with van der Waals surface area (Å²) in [6, 6.07) is 5.95. The zero-order valence-electron chi connectivity index (χ0n) is 14.8. The van der Waals surface area contributed by atoms with E-state index in [1.165, 1.54) is 11.1 Å². The Kier molecular flexibility index (Phi) is 3.95. The molecule has 6 nitrogen and oxygen atoms in total. The highest BCUT2D eigenvalue weighted by atomic mass is 15.3. The van der Waals surface area contributed by atoms with Crippen molar-refractivity contribution in [2.24, 2.45) is 7.05 Å². The summed E-state index contributed by atoms with van der Waals surface area (Å²) in [6.45, 7) is 4.19. The van der Waals surface area contributed by atoms with Gasteiger partial charge in [0.15, 0.2) is 5.82 Å². The van der Waals surface area contributed by atoms with E-state index >= 15 is 0 Å². The lowest BCUT2D eigenvalue weighted by atomic mass is 10.1. The second-order valence-electron chi connectivity index (χ2n) is 6.60. The second kappa shape index (κ2) is 6.27. The Morgan fingerprint density at radius 2 is 2.08 bits per heavy atom. The lowest BCUT2D eigenvalue weighted by Gasteiger charge is -2.17. The summed E-state index contributed by atoms with van der Waals surface area (Å²) in [5.74, 6) is 1.62. The molecule has 1 atom stereocenters. The van der Waals surface area contributed by atoms with Gasteiger partial charge in [0.05, 0.1) is 11.7 Å². The van der Waals surface area contributed by atoms with Crippen LogP contribution in [0.25, 0.3) is 11.5 Å². The lowest BCUT2D eigenvalue weighted by Crippen LogP contribution is -2.12. The van der Waals surface area contributed by atoms with Gasteiger partial charge in [0.2, 0.25) is 0 Å². The molecule has 1 N–H and O–H groups in total. The molecule has 0 aliphatic heterocycles. The maximum absolute atomic E-state index is 4.80. The standard InChI is InChI=1S/C19H22N6/c1-12(15-11-25(3)24-13(15)2)21-18-14-7-6-9-16(14)22-19(23-18)17-8-4-5-10-20-17/h4-5,8,10-12H,6-7,9H2,1-3H3,(H,21,22,23)/t12-/m0/s1. The van der Waals surface area contributed by atoms with Crippen molar-refractivity contribution in [1.82, 2.24) is 24.7 Å². The molecule has 0 bridgehead atoms. The number of nitrogens with zero attached hydrogens (tertiary/aromatic N) is 5. The monoisotopic (exact) mass is 334 g/mol. The van der Waals surface area contributed by atoms with Gasteiger partial charge in [-0.05, 0) is 45.2 Å². The third-order valence-electron chi connectivity index (χ3n) is 4.70. The molecule has 0 saturated carbocycles. The van der Waals surface area contributed by atoms with Gasteiger partial charge >= 0.3 is 0 Å². The van der Waals surface area contributed by atoms with Gasteiger partial charge in [0, 0.05) is 36.3 Å². The lowest BCUT2D eigenvalue weighted by molar-refractivity contribution is 0.756. The Morgan fingerprint density at radius 1 is 1.20 bits per heavy atom. The van der Waals surface area contributed by atoms with Crippen LogP contribution in [0.2, 0.25) is 0 Å². The molecule has 3 aromatic heterocycles. The molecule has 4 rings (SSSR count). The molecule has 0 spiro atoms. The van der Waals surface area contributed by atoms with Gasteiger partial charge in [-0.1, -0.05) is 6.07 Å². The van der Waals surface area contributed by atoms with Crippen LogP contribution >= 0.6 is 0 Å². The number of rotatable bonds is 4. The first-order chi connectivity index (χ1) is 12.1. The zero-order chi connectivity index (χ0) is 17.4. The molecular weight excluding hydrogens is 312 g/mol. The van der Waals surface area contributed by atoms with E-state index in [9.17, 15) is 0 Å². The van der Waals surface area contributed by atoms with E-state index in [1.54, 1.807) is 6.20 Å². The third-order valence-corrected chi connectivity index (χ3v) is 4.70. The Labute approximate surface area is 147 Å². The van der Waals surface area contributed by atoms with Crippen molar-refractivity contribution in [2.75, 3.05) is 5.32 Å². The Bertz CT molecular complexity index is 900. The predicted molar refractivity (Wildman–Crippen MR) is 97.3 cm³/mol. The highest BCUT2D eigenvalue weighted by molar-refractivity contribution is 5.58. The molecule has 0 aromatic carbocycles. The summed E-state index contributed by atoms with van der Waals surface area (Å²) in [4.78, 5) is 14.0. The zero-order valence-corrected chi connectivity index (χ0v) is 14.8. The Balaban J connectivity index is 1.71. The van der Waals surface area contributed by atoms with Gasteiger partial charge in [0.25, 0.3) is 0 Å². The largest absolute Gasteiger partial charge is 0.363 e. The SMILES string of the molecule is Cc1nn(C)cc1[C@H](C)Nc1nc(-c2ccccn2)nc2c1CCC2. The topological polar surface area (TPSA) is 68.5 Å². The van der Waals surface area contributed by atoms with Gasteiger partial charge < -0.3 is 5.32 Å². The van der Waals surface area contributed by atoms with E-state index in [-0.39, 0.29) is 6.04 Å². The fraction of sp³-hybridized carbons (Fsp3) is 0.368.